The Kier molecular flexibility index (Phi) is 5.75. The van der Waals surface area contributed by atoms with E-state index < -0.39 is 40.0 Å². The fourth-order valence-corrected chi connectivity index (χ4v) is 5.65. The van der Waals surface area contributed by atoms with E-state index in [-0.39, 0.29) is 30.4 Å². The van der Waals surface area contributed by atoms with Gasteiger partial charge in [-0.3, -0.25) is 14.5 Å². The van der Waals surface area contributed by atoms with Gasteiger partial charge < -0.3 is 15.4 Å². The summed E-state index contributed by atoms with van der Waals surface area (Å²) in [6, 6.07) is 5.88. The van der Waals surface area contributed by atoms with Gasteiger partial charge in [0.2, 0.25) is 15.9 Å². The zero-order chi connectivity index (χ0) is 22.2. The van der Waals surface area contributed by atoms with E-state index in [0.717, 1.165) is 17.7 Å². The van der Waals surface area contributed by atoms with E-state index in [1.54, 1.807) is 25.1 Å². The lowest BCUT2D eigenvalue weighted by atomic mass is 9.96. The third kappa shape index (κ3) is 4.17. The molecule has 2 aliphatic heterocycles. The summed E-state index contributed by atoms with van der Waals surface area (Å²) in [4.78, 5) is 38.4. The third-order valence-corrected chi connectivity index (χ3v) is 8.03. The first-order valence-corrected chi connectivity index (χ1v) is 11.7. The second-order valence-electron chi connectivity index (χ2n) is 8.20. The van der Waals surface area contributed by atoms with Gasteiger partial charge in [0.25, 0.3) is 5.91 Å². The molecule has 1 unspecified atom stereocenters. The Bertz CT molecular complexity index is 1000. The molecule has 3 fully saturated rings. The predicted molar refractivity (Wildman–Crippen MR) is 109 cm³/mol. The molecule has 0 spiro atoms. The zero-order valence-corrected chi connectivity index (χ0v) is 18.1. The number of morpholine rings is 1. The van der Waals surface area contributed by atoms with Crippen LogP contribution >= 0.6 is 0 Å². The van der Waals surface area contributed by atoms with Crippen LogP contribution in [0.2, 0.25) is 0 Å². The first kappa shape index (κ1) is 21.7. The van der Waals surface area contributed by atoms with Crippen LogP contribution in [0.1, 0.15) is 25.3 Å². The number of benzene rings is 1. The fourth-order valence-electron chi connectivity index (χ4n) is 4.02. The number of carbonyl (C=O) groups is 3. The molecule has 1 atom stereocenters. The van der Waals surface area contributed by atoms with Crippen molar-refractivity contribution in [1.82, 2.24) is 19.8 Å². The molecule has 2 saturated heterocycles. The molecular formula is C20H26N4O6S. The van der Waals surface area contributed by atoms with E-state index in [4.69, 9.17) is 4.74 Å². The molecule has 2 N–H and O–H groups in total. The molecule has 11 heteroatoms. The van der Waals surface area contributed by atoms with Crippen molar-refractivity contribution < 1.29 is 27.5 Å². The van der Waals surface area contributed by atoms with E-state index >= 15 is 0 Å². The number of carbonyl (C=O) groups excluding carboxylic acids is 3. The molecule has 10 nitrogen and oxygen atoms in total. The summed E-state index contributed by atoms with van der Waals surface area (Å²) in [5, 5.41) is 5.33. The number of hydrogen-bond acceptors (Lipinski definition) is 6. The van der Waals surface area contributed by atoms with Crippen molar-refractivity contribution in [3.63, 3.8) is 0 Å². The molecule has 3 aliphatic rings. The molecule has 168 valence electrons. The number of sulfonamides is 1. The zero-order valence-electron chi connectivity index (χ0n) is 17.3. The highest BCUT2D eigenvalue weighted by molar-refractivity contribution is 7.89. The molecule has 4 rings (SSSR count). The Morgan fingerprint density at radius 1 is 1.23 bits per heavy atom. The van der Waals surface area contributed by atoms with Crippen molar-refractivity contribution in [3.8, 4) is 0 Å². The maximum Gasteiger partial charge on any atom is 0.325 e. The summed E-state index contributed by atoms with van der Waals surface area (Å²) in [5.74, 6) is -0.832. The van der Waals surface area contributed by atoms with Crippen LogP contribution < -0.4 is 10.6 Å². The van der Waals surface area contributed by atoms with Gasteiger partial charge in [-0.2, -0.15) is 4.31 Å². The summed E-state index contributed by atoms with van der Waals surface area (Å²) in [7, 11) is -3.73. The predicted octanol–water partition coefficient (Wildman–Crippen LogP) is 0.0442. The maximum absolute atomic E-state index is 13.0. The van der Waals surface area contributed by atoms with Gasteiger partial charge in [-0.1, -0.05) is 18.2 Å². The number of amides is 4. The molecule has 4 amide bonds. The second kappa shape index (κ2) is 8.21. The van der Waals surface area contributed by atoms with Crippen LogP contribution in [-0.4, -0.2) is 73.9 Å². The van der Waals surface area contributed by atoms with Crippen molar-refractivity contribution in [3.05, 3.63) is 29.8 Å². The van der Waals surface area contributed by atoms with Crippen LogP contribution in [0, 0.1) is 5.92 Å². The van der Waals surface area contributed by atoms with E-state index in [2.05, 4.69) is 10.6 Å². The van der Waals surface area contributed by atoms with Crippen molar-refractivity contribution in [2.45, 2.75) is 36.7 Å². The SMILES string of the molecule is CC1(C2CC2)NC(=O)N(CC(=O)NCc2ccccc2S(=O)(=O)N2CCOCC2)C1=O. The molecule has 2 heterocycles. The van der Waals surface area contributed by atoms with Crippen LogP contribution in [-0.2, 0) is 30.9 Å². The first-order valence-electron chi connectivity index (χ1n) is 10.3. The molecule has 0 radical (unpaired) electrons. The largest absolute Gasteiger partial charge is 0.379 e. The number of urea groups is 1. The minimum absolute atomic E-state index is 0.0396. The summed E-state index contributed by atoms with van der Waals surface area (Å²) < 4.78 is 32.6. The summed E-state index contributed by atoms with van der Waals surface area (Å²) >= 11 is 0. The highest BCUT2D eigenvalue weighted by atomic mass is 32.2. The molecule has 1 aromatic rings. The Morgan fingerprint density at radius 3 is 2.58 bits per heavy atom. The molecular weight excluding hydrogens is 424 g/mol. The number of ether oxygens (including phenoxy) is 1. The normalized spacial score (nSPS) is 24.9. The van der Waals surface area contributed by atoms with E-state index in [1.165, 1.54) is 10.4 Å². The van der Waals surface area contributed by atoms with Gasteiger partial charge in [-0.15, -0.1) is 0 Å². The van der Waals surface area contributed by atoms with Crippen LogP contribution in [0.25, 0.3) is 0 Å². The lowest BCUT2D eigenvalue weighted by Crippen LogP contribution is -2.47. The molecule has 0 bridgehead atoms. The average Bonchev–Trinajstić information content (AvgIpc) is 3.59. The Labute approximate surface area is 181 Å². The summed E-state index contributed by atoms with van der Waals surface area (Å²) in [5.41, 5.74) is -0.515. The highest BCUT2D eigenvalue weighted by Gasteiger charge is 2.56. The number of imide groups is 1. The van der Waals surface area contributed by atoms with Gasteiger partial charge in [0.05, 0.1) is 18.1 Å². The topological polar surface area (TPSA) is 125 Å². The fraction of sp³-hybridized carbons (Fsp3) is 0.550. The Hall–Kier alpha value is -2.50. The van der Waals surface area contributed by atoms with Gasteiger partial charge in [0, 0.05) is 19.6 Å². The van der Waals surface area contributed by atoms with Crippen molar-refractivity contribution in [1.29, 1.82) is 0 Å². The summed E-state index contributed by atoms with van der Waals surface area (Å²) in [6.45, 7) is 2.46. The van der Waals surface area contributed by atoms with E-state index in [9.17, 15) is 22.8 Å². The van der Waals surface area contributed by atoms with Gasteiger partial charge in [0.1, 0.15) is 12.1 Å². The van der Waals surface area contributed by atoms with Crippen LogP contribution in [0.3, 0.4) is 0 Å². The third-order valence-electron chi connectivity index (χ3n) is 6.03. The molecule has 0 aromatic heterocycles. The average molecular weight is 451 g/mol. The molecule has 31 heavy (non-hydrogen) atoms. The monoisotopic (exact) mass is 450 g/mol. The molecule has 1 saturated carbocycles. The Balaban J connectivity index is 1.41. The van der Waals surface area contributed by atoms with Gasteiger partial charge >= 0.3 is 6.03 Å². The van der Waals surface area contributed by atoms with Crippen LogP contribution in [0.15, 0.2) is 29.2 Å². The smallest absolute Gasteiger partial charge is 0.325 e. The standard InChI is InChI=1S/C20H26N4O6S/c1-20(15-6-7-15)18(26)24(19(27)22-20)13-17(25)21-12-14-4-2-3-5-16(14)31(28,29)23-8-10-30-11-9-23/h2-5,15H,6-13H2,1H3,(H,21,25)(H,22,27). The second-order valence-corrected chi connectivity index (χ2v) is 10.1. The lowest BCUT2D eigenvalue weighted by Gasteiger charge is -2.27. The van der Waals surface area contributed by atoms with Crippen molar-refractivity contribution in [2.75, 3.05) is 32.8 Å². The summed E-state index contributed by atoms with van der Waals surface area (Å²) in [6.07, 6.45) is 1.74. The minimum atomic E-state index is -3.73. The van der Waals surface area contributed by atoms with Gasteiger partial charge in [-0.25, -0.2) is 13.2 Å². The van der Waals surface area contributed by atoms with Gasteiger partial charge in [-0.05, 0) is 37.3 Å². The Morgan fingerprint density at radius 2 is 1.90 bits per heavy atom. The van der Waals surface area contributed by atoms with E-state index in [1.807, 2.05) is 0 Å². The number of nitrogens with zero attached hydrogens (tertiary/aromatic N) is 2. The number of rotatable bonds is 7. The molecule has 1 aromatic carbocycles. The lowest BCUT2D eigenvalue weighted by molar-refractivity contribution is -0.135. The maximum atomic E-state index is 13.0. The van der Waals surface area contributed by atoms with Crippen LogP contribution in [0.4, 0.5) is 4.79 Å². The number of hydrogen-bond donors (Lipinski definition) is 2. The van der Waals surface area contributed by atoms with Gasteiger partial charge in [0.15, 0.2) is 0 Å². The number of nitrogens with one attached hydrogen (secondary N) is 2. The highest BCUT2D eigenvalue weighted by Crippen LogP contribution is 2.42. The van der Waals surface area contributed by atoms with Crippen molar-refractivity contribution >= 4 is 27.9 Å². The van der Waals surface area contributed by atoms with E-state index in [0.29, 0.717) is 18.8 Å². The van der Waals surface area contributed by atoms with Crippen LogP contribution in [0.5, 0.6) is 0 Å². The van der Waals surface area contributed by atoms with Crippen molar-refractivity contribution in [2.24, 2.45) is 5.92 Å². The first-order chi connectivity index (χ1) is 14.7. The quantitative estimate of drug-likeness (QED) is 0.566. The molecule has 1 aliphatic carbocycles. The minimum Gasteiger partial charge on any atom is -0.379 e.